The van der Waals surface area contributed by atoms with E-state index in [4.69, 9.17) is 4.74 Å². The highest BCUT2D eigenvalue weighted by molar-refractivity contribution is 7.99. The van der Waals surface area contributed by atoms with Crippen LogP contribution in [0.4, 0.5) is 14.5 Å². The van der Waals surface area contributed by atoms with E-state index in [0.717, 1.165) is 51.4 Å². The first kappa shape index (κ1) is 22.5. The number of halogens is 2. The molecule has 6 nitrogen and oxygen atoms in total. The van der Waals surface area contributed by atoms with E-state index in [2.05, 4.69) is 15.3 Å². The molecule has 3 N–H and O–H groups in total. The second kappa shape index (κ2) is 9.83. The summed E-state index contributed by atoms with van der Waals surface area (Å²) in [6.45, 7) is 0. The molecule has 2 aromatic rings. The smallest absolute Gasteiger partial charge is 0.261 e. The van der Waals surface area contributed by atoms with Crippen LogP contribution in [0.2, 0.25) is 0 Å². The number of hydrogen-bond donors (Lipinski definition) is 3. The van der Waals surface area contributed by atoms with Crippen molar-refractivity contribution in [2.45, 2.75) is 80.6 Å². The molecule has 0 aliphatic heterocycles. The van der Waals surface area contributed by atoms with Crippen molar-refractivity contribution in [3.63, 3.8) is 0 Å². The number of methoxy groups -OCH3 is 1. The van der Waals surface area contributed by atoms with Gasteiger partial charge in [0.05, 0.1) is 29.2 Å². The summed E-state index contributed by atoms with van der Waals surface area (Å²) in [6.07, 6.45) is 6.73. The highest BCUT2D eigenvalue weighted by Gasteiger charge is 2.24. The lowest BCUT2D eigenvalue weighted by Crippen LogP contribution is -2.29. The number of anilines is 1. The number of H-pyrrole nitrogens is 1. The van der Waals surface area contributed by atoms with Crippen molar-refractivity contribution in [2.24, 2.45) is 0 Å². The number of benzene rings is 1. The summed E-state index contributed by atoms with van der Waals surface area (Å²) in [5.74, 6) is -1.28. The minimum atomic E-state index is -1.17. The Labute approximate surface area is 184 Å². The Morgan fingerprint density at radius 3 is 2.55 bits per heavy atom. The van der Waals surface area contributed by atoms with Gasteiger partial charge in [0.25, 0.3) is 5.56 Å². The molecule has 0 atom stereocenters. The molecule has 2 saturated carbocycles. The van der Waals surface area contributed by atoms with Gasteiger partial charge in [-0.2, -0.15) is 11.8 Å². The summed E-state index contributed by atoms with van der Waals surface area (Å²) in [5.41, 5.74) is -0.461. The second-order valence-electron chi connectivity index (χ2n) is 8.55. The van der Waals surface area contributed by atoms with Crippen molar-refractivity contribution in [2.75, 3.05) is 12.4 Å². The predicted octanol–water partition coefficient (Wildman–Crippen LogP) is 4.11. The molecule has 1 heterocycles. The molecule has 1 aromatic heterocycles. The van der Waals surface area contributed by atoms with Crippen LogP contribution in [0.15, 0.2) is 10.9 Å². The Bertz CT molecular complexity index is 971. The highest BCUT2D eigenvalue weighted by Crippen LogP contribution is 2.31. The Morgan fingerprint density at radius 2 is 1.87 bits per heavy atom. The van der Waals surface area contributed by atoms with Crippen molar-refractivity contribution in [3.05, 3.63) is 33.9 Å². The van der Waals surface area contributed by atoms with E-state index in [1.54, 1.807) is 18.9 Å². The van der Waals surface area contributed by atoms with E-state index in [1.165, 1.54) is 6.07 Å². The maximum absolute atomic E-state index is 14.7. The molecule has 0 bridgehead atoms. The minimum absolute atomic E-state index is 0.0245. The van der Waals surface area contributed by atoms with E-state index in [0.29, 0.717) is 16.8 Å². The first-order valence-corrected chi connectivity index (χ1v) is 12.0. The number of ether oxygens (including phenoxy) is 1. The normalized spacial score (nSPS) is 26.8. The lowest BCUT2D eigenvalue weighted by atomic mass is 9.92. The van der Waals surface area contributed by atoms with E-state index >= 15 is 0 Å². The fourth-order valence-electron chi connectivity index (χ4n) is 4.53. The second-order valence-corrected chi connectivity index (χ2v) is 9.84. The number of thioether (sulfide) groups is 1. The molecule has 2 aliphatic rings. The Kier molecular flexibility index (Phi) is 7.13. The average molecular weight is 454 g/mol. The topological polar surface area (TPSA) is 87.2 Å². The van der Waals surface area contributed by atoms with Crippen LogP contribution in [0.3, 0.4) is 0 Å². The number of aliphatic hydroxyl groups excluding tert-OH is 1. The van der Waals surface area contributed by atoms with E-state index in [-0.39, 0.29) is 34.8 Å². The summed E-state index contributed by atoms with van der Waals surface area (Å²) < 4.78 is 34.7. The maximum Gasteiger partial charge on any atom is 0.261 e. The van der Waals surface area contributed by atoms with Crippen LogP contribution in [0.1, 0.15) is 57.2 Å². The van der Waals surface area contributed by atoms with Crippen molar-refractivity contribution in [3.8, 4) is 0 Å². The van der Waals surface area contributed by atoms with E-state index in [1.807, 2.05) is 0 Å². The lowest BCUT2D eigenvalue weighted by Gasteiger charge is -2.29. The van der Waals surface area contributed by atoms with Crippen LogP contribution in [0.25, 0.3) is 10.9 Å². The zero-order valence-corrected chi connectivity index (χ0v) is 18.4. The standard InChI is InChI=1S/C22H29F2N3O3S/c1-30-14-6-2-12(3-7-14)25-17-10-16-19(21(24)20(17)23)22(29)27-18(26-16)11-31-15-8-4-13(28)5-9-15/h10,12-15,25,28H,2-9,11H2,1H3,(H,26,27,29)/t12-,13-,14-,15-. The third kappa shape index (κ3) is 5.21. The largest absolute Gasteiger partial charge is 0.393 e. The number of aromatic amines is 1. The number of hydrogen-bond acceptors (Lipinski definition) is 6. The summed E-state index contributed by atoms with van der Waals surface area (Å²) in [4.78, 5) is 19.5. The van der Waals surface area contributed by atoms with Gasteiger partial charge in [0, 0.05) is 18.4 Å². The van der Waals surface area contributed by atoms with Gasteiger partial charge in [-0.15, -0.1) is 0 Å². The monoisotopic (exact) mass is 453 g/mol. The molecule has 0 saturated heterocycles. The Hall–Kier alpha value is -1.71. The van der Waals surface area contributed by atoms with Gasteiger partial charge in [-0.25, -0.2) is 13.8 Å². The third-order valence-corrected chi connectivity index (χ3v) is 7.78. The van der Waals surface area contributed by atoms with Crippen LogP contribution < -0.4 is 10.9 Å². The third-order valence-electron chi connectivity index (χ3n) is 6.39. The minimum Gasteiger partial charge on any atom is -0.393 e. The quantitative estimate of drug-likeness (QED) is 0.610. The number of nitrogens with zero attached hydrogens (tertiary/aromatic N) is 1. The first-order chi connectivity index (χ1) is 14.9. The first-order valence-electron chi connectivity index (χ1n) is 10.9. The molecule has 2 aliphatic carbocycles. The fraction of sp³-hybridized carbons (Fsp3) is 0.636. The lowest BCUT2D eigenvalue weighted by molar-refractivity contribution is 0.0681. The zero-order valence-electron chi connectivity index (χ0n) is 17.6. The van der Waals surface area contributed by atoms with Gasteiger partial charge < -0.3 is 20.1 Å². The summed E-state index contributed by atoms with van der Waals surface area (Å²) in [7, 11) is 1.69. The number of aromatic nitrogens is 2. The number of nitrogens with one attached hydrogen (secondary N) is 2. The molecule has 1 aromatic carbocycles. The molecular weight excluding hydrogens is 424 g/mol. The van der Waals surface area contributed by atoms with Crippen molar-refractivity contribution in [1.82, 2.24) is 9.97 Å². The molecule has 31 heavy (non-hydrogen) atoms. The predicted molar refractivity (Wildman–Crippen MR) is 119 cm³/mol. The SMILES string of the molecule is CO[C@H]1CC[C@H](Nc2cc3nc(CS[C@H]4CC[C@H](O)CC4)[nH]c(=O)c3c(F)c2F)CC1. The van der Waals surface area contributed by atoms with Gasteiger partial charge >= 0.3 is 0 Å². The molecule has 0 radical (unpaired) electrons. The van der Waals surface area contributed by atoms with Crippen molar-refractivity contribution >= 4 is 28.4 Å². The van der Waals surface area contributed by atoms with E-state index < -0.39 is 17.2 Å². The summed E-state index contributed by atoms with van der Waals surface area (Å²) in [5, 5.41) is 12.8. The van der Waals surface area contributed by atoms with Gasteiger partial charge in [0.1, 0.15) is 11.2 Å². The Morgan fingerprint density at radius 1 is 1.16 bits per heavy atom. The number of aliphatic hydroxyl groups is 1. The summed E-state index contributed by atoms with van der Waals surface area (Å²) >= 11 is 1.67. The summed E-state index contributed by atoms with van der Waals surface area (Å²) in [6, 6.07) is 1.47. The van der Waals surface area contributed by atoms with E-state index in [9.17, 15) is 18.7 Å². The Balaban J connectivity index is 1.52. The van der Waals surface area contributed by atoms with Gasteiger partial charge in [0.2, 0.25) is 0 Å². The molecule has 4 rings (SSSR count). The molecule has 0 spiro atoms. The molecule has 170 valence electrons. The molecule has 9 heteroatoms. The van der Waals surface area contributed by atoms with Gasteiger partial charge in [-0.1, -0.05) is 0 Å². The average Bonchev–Trinajstić information content (AvgIpc) is 2.77. The molecule has 2 fully saturated rings. The van der Waals surface area contributed by atoms with Crippen LogP contribution in [-0.2, 0) is 10.5 Å². The molecule has 0 unspecified atom stereocenters. The molecular formula is C22H29F2N3O3S. The van der Waals surface area contributed by atoms with Crippen molar-refractivity contribution in [1.29, 1.82) is 0 Å². The van der Waals surface area contributed by atoms with Gasteiger partial charge in [0.15, 0.2) is 11.6 Å². The molecule has 0 amide bonds. The maximum atomic E-state index is 14.7. The van der Waals surface area contributed by atoms with Crippen LogP contribution in [0.5, 0.6) is 0 Å². The van der Waals surface area contributed by atoms with Crippen LogP contribution in [0, 0.1) is 11.6 Å². The van der Waals surface area contributed by atoms with Gasteiger partial charge in [-0.05, 0) is 57.4 Å². The van der Waals surface area contributed by atoms with Crippen LogP contribution >= 0.6 is 11.8 Å². The van der Waals surface area contributed by atoms with Gasteiger partial charge in [-0.3, -0.25) is 4.79 Å². The number of rotatable bonds is 6. The fourth-order valence-corrected chi connectivity index (χ4v) is 5.66. The van der Waals surface area contributed by atoms with Crippen molar-refractivity contribution < 1.29 is 18.6 Å². The number of fused-ring (bicyclic) bond motifs is 1. The zero-order chi connectivity index (χ0) is 22.0. The highest BCUT2D eigenvalue weighted by atomic mass is 32.2. The van der Waals surface area contributed by atoms with Crippen LogP contribution in [-0.4, -0.2) is 45.7 Å².